The highest BCUT2D eigenvalue weighted by Gasteiger charge is 2.30. The van der Waals surface area contributed by atoms with Crippen LogP contribution in [0.25, 0.3) is 0 Å². The molecule has 2 aromatic carbocycles. The molecule has 0 atom stereocenters. The Balaban J connectivity index is 2.57. The molecule has 0 radical (unpaired) electrons. The quantitative estimate of drug-likeness (QED) is 0.412. The van der Waals surface area contributed by atoms with E-state index in [1.807, 2.05) is 0 Å². The number of hydrogen-bond donors (Lipinski definition) is 0. The van der Waals surface area contributed by atoms with Crippen molar-refractivity contribution in [1.82, 2.24) is 0 Å². The third kappa shape index (κ3) is 3.22. The summed E-state index contributed by atoms with van der Waals surface area (Å²) in [6.07, 6.45) is 0. The van der Waals surface area contributed by atoms with Gasteiger partial charge in [-0.05, 0) is 59.8 Å². The monoisotopic (exact) mass is 432 g/mol. The number of hydrogen-bond acceptors (Lipinski definition) is 4. The zero-order valence-corrected chi connectivity index (χ0v) is 14.6. The molecule has 0 unspecified atom stereocenters. The number of rotatable bonds is 5. The Bertz CT molecular complexity index is 791. The number of para-hydroxylation sites is 1. The van der Waals surface area contributed by atoms with Gasteiger partial charge in [0, 0.05) is 16.2 Å². The van der Waals surface area contributed by atoms with Crippen molar-refractivity contribution in [1.29, 1.82) is 0 Å². The Morgan fingerprint density at radius 3 is 2.27 bits per heavy atom. The lowest BCUT2D eigenvalue weighted by Crippen LogP contribution is -2.31. The van der Waals surface area contributed by atoms with E-state index < -0.39 is 20.6 Å². The number of nitro benzene ring substituents is 1. The van der Waals surface area contributed by atoms with Crippen LogP contribution in [0.4, 0.5) is 11.4 Å². The minimum atomic E-state index is -4.00. The maximum atomic E-state index is 12.8. The van der Waals surface area contributed by atoms with Crippen molar-refractivity contribution in [2.45, 2.75) is 11.8 Å². The van der Waals surface area contributed by atoms with Crippen LogP contribution in [0.3, 0.4) is 0 Å². The fraction of sp³-hybridized carbons (Fsp3) is 0.143. The summed E-state index contributed by atoms with van der Waals surface area (Å²) in [7, 11) is -4.00. The lowest BCUT2D eigenvalue weighted by Gasteiger charge is -2.22. The predicted molar refractivity (Wildman–Crippen MR) is 92.5 cm³/mol. The highest BCUT2D eigenvalue weighted by molar-refractivity contribution is 14.1. The van der Waals surface area contributed by atoms with Gasteiger partial charge in [-0.2, -0.15) is 0 Å². The molecule has 2 rings (SSSR count). The van der Waals surface area contributed by atoms with Crippen LogP contribution >= 0.6 is 22.6 Å². The van der Waals surface area contributed by atoms with E-state index in [4.69, 9.17) is 0 Å². The Morgan fingerprint density at radius 2 is 1.73 bits per heavy atom. The van der Waals surface area contributed by atoms with Crippen molar-refractivity contribution in [2.24, 2.45) is 0 Å². The summed E-state index contributed by atoms with van der Waals surface area (Å²) in [5, 5.41) is 11.1. The Hall–Kier alpha value is -1.68. The average Bonchev–Trinajstić information content (AvgIpc) is 2.49. The van der Waals surface area contributed by atoms with Crippen LogP contribution in [0.2, 0.25) is 0 Å². The van der Waals surface area contributed by atoms with Gasteiger partial charge >= 0.3 is 0 Å². The van der Waals surface area contributed by atoms with Crippen LogP contribution in [-0.2, 0) is 10.0 Å². The number of halogens is 1. The van der Waals surface area contributed by atoms with Gasteiger partial charge < -0.3 is 0 Å². The van der Waals surface area contributed by atoms with Crippen LogP contribution in [0, 0.1) is 13.7 Å². The molecule has 0 heterocycles. The van der Waals surface area contributed by atoms with Gasteiger partial charge in [-0.15, -0.1) is 0 Å². The SMILES string of the molecule is CCN(c1ccc(I)cc1)S(=O)(=O)c1ccccc1[N+](=O)[O-]. The average molecular weight is 432 g/mol. The maximum absolute atomic E-state index is 12.8. The molecule has 0 amide bonds. The molecule has 0 saturated heterocycles. The summed E-state index contributed by atoms with van der Waals surface area (Å²) in [4.78, 5) is 10.1. The van der Waals surface area contributed by atoms with Gasteiger partial charge in [-0.3, -0.25) is 14.4 Å². The first kappa shape index (κ1) is 16.7. The van der Waals surface area contributed by atoms with Gasteiger partial charge in [-0.1, -0.05) is 12.1 Å². The number of nitro groups is 1. The summed E-state index contributed by atoms with van der Waals surface area (Å²) in [6.45, 7) is 1.86. The second-order valence-corrected chi connectivity index (χ2v) is 7.45. The molecule has 2 aromatic rings. The third-order valence-corrected chi connectivity index (χ3v) is 5.70. The zero-order chi connectivity index (χ0) is 16.3. The first-order chi connectivity index (χ1) is 10.4. The van der Waals surface area contributed by atoms with Crippen molar-refractivity contribution in [3.63, 3.8) is 0 Å². The van der Waals surface area contributed by atoms with E-state index in [0.717, 1.165) is 7.88 Å². The smallest absolute Gasteiger partial charge is 0.266 e. The van der Waals surface area contributed by atoms with Crippen LogP contribution < -0.4 is 4.31 Å². The lowest BCUT2D eigenvalue weighted by atomic mass is 10.3. The summed E-state index contributed by atoms with van der Waals surface area (Å²) in [6, 6.07) is 12.3. The molecule has 0 N–H and O–H groups in total. The highest BCUT2D eigenvalue weighted by Crippen LogP contribution is 2.29. The second kappa shape index (κ2) is 6.61. The van der Waals surface area contributed by atoms with Crippen molar-refractivity contribution in [3.8, 4) is 0 Å². The van der Waals surface area contributed by atoms with Crippen LogP contribution in [0.15, 0.2) is 53.4 Å². The molecular weight excluding hydrogens is 419 g/mol. The largest absolute Gasteiger partial charge is 0.289 e. The minimum Gasteiger partial charge on any atom is -0.266 e. The Morgan fingerprint density at radius 1 is 1.14 bits per heavy atom. The lowest BCUT2D eigenvalue weighted by molar-refractivity contribution is -0.387. The minimum absolute atomic E-state index is 0.176. The predicted octanol–water partition coefficient (Wildman–Crippen LogP) is 3.41. The fourth-order valence-electron chi connectivity index (χ4n) is 2.04. The van der Waals surface area contributed by atoms with Crippen LogP contribution in [0.5, 0.6) is 0 Å². The zero-order valence-electron chi connectivity index (χ0n) is 11.6. The number of benzene rings is 2. The van der Waals surface area contributed by atoms with Gasteiger partial charge in [0.05, 0.1) is 10.6 Å². The van der Waals surface area contributed by atoms with Crippen molar-refractivity contribution in [2.75, 3.05) is 10.8 Å². The Labute approximate surface area is 142 Å². The highest BCUT2D eigenvalue weighted by atomic mass is 127. The molecule has 8 heteroatoms. The maximum Gasteiger partial charge on any atom is 0.289 e. The van der Waals surface area contributed by atoms with E-state index in [1.54, 1.807) is 31.2 Å². The van der Waals surface area contributed by atoms with Gasteiger partial charge in [-0.25, -0.2) is 8.42 Å². The van der Waals surface area contributed by atoms with E-state index >= 15 is 0 Å². The molecule has 0 spiro atoms. The van der Waals surface area contributed by atoms with Crippen LogP contribution in [-0.4, -0.2) is 19.9 Å². The molecule has 0 aliphatic rings. The van der Waals surface area contributed by atoms with Crippen molar-refractivity contribution in [3.05, 3.63) is 62.2 Å². The van der Waals surface area contributed by atoms with E-state index in [9.17, 15) is 18.5 Å². The topological polar surface area (TPSA) is 80.5 Å². The first-order valence-electron chi connectivity index (χ1n) is 6.39. The van der Waals surface area contributed by atoms with Crippen molar-refractivity contribution < 1.29 is 13.3 Å². The number of sulfonamides is 1. The molecule has 6 nitrogen and oxygen atoms in total. The molecule has 0 bridgehead atoms. The Kier molecular flexibility index (Phi) is 5.01. The van der Waals surface area contributed by atoms with Crippen molar-refractivity contribution >= 4 is 44.0 Å². The fourth-order valence-corrected chi connectivity index (χ4v) is 4.04. The molecular formula is C14H13IN2O4S. The molecule has 0 aliphatic carbocycles. The normalized spacial score (nSPS) is 11.2. The van der Waals surface area contributed by atoms with Gasteiger partial charge in [0.1, 0.15) is 0 Å². The van der Waals surface area contributed by atoms with Gasteiger partial charge in [0.2, 0.25) is 0 Å². The molecule has 22 heavy (non-hydrogen) atoms. The third-order valence-electron chi connectivity index (χ3n) is 3.03. The summed E-state index contributed by atoms with van der Waals surface area (Å²) in [5.74, 6) is 0. The molecule has 0 aromatic heterocycles. The van der Waals surface area contributed by atoms with E-state index in [0.29, 0.717) is 5.69 Å². The van der Waals surface area contributed by atoms with E-state index in [1.165, 1.54) is 24.3 Å². The van der Waals surface area contributed by atoms with Crippen LogP contribution in [0.1, 0.15) is 6.92 Å². The molecule has 116 valence electrons. The van der Waals surface area contributed by atoms with Gasteiger partial charge in [0.25, 0.3) is 15.7 Å². The molecule has 0 fully saturated rings. The number of nitrogens with zero attached hydrogens (tertiary/aromatic N) is 2. The molecule has 0 aliphatic heterocycles. The number of anilines is 1. The van der Waals surface area contributed by atoms with E-state index in [-0.39, 0.29) is 11.4 Å². The summed E-state index contributed by atoms with van der Waals surface area (Å²) < 4.78 is 27.7. The second-order valence-electron chi connectivity index (χ2n) is 4.37. The standard InChI is InChI=1S/C14H13IN2O4S/c1-2-16(12-9-7-11(15)8-10-12)22(20,21)14-6-4-3-5-13(14)17(18)19/h3-10H,2H2,1H3. The van der Waals surface area contributed by atoms with E-state index in [2.05, 4.69) is 22.6 Å². The molecule has 0 saturated carbocycles. The van der Waals surface area contributed by atoms with Gasteiger partial charge in [0.15, 0.2) is 4.90 Å². The summed E-state index contributed by atoms with van der Waals surface area (Å²) in [5.41, 5.74) is 0.0486. The summed E-state index contributed by atoms with van der Waals surface area (Å²) >= 11 is 2.12. The first-order valence-corrected chi connectivity index (χ1v) is 8.91.